The van der Waals surface area contributed by atoms with Crippen molar-refractivity contribution < 1.29 is 14.6 Å². The van der Waals surface area contributed by atoms with Crippen molar-refractivity contribution in [2.75, 3.05) is 23.8 Å². The first-order chi connectivity index (χ1) is 11.6. The molecule has 3 N–H and O–H groups in total. The van der Waals surface area contributed by atoms with Crippen molar-refractivity contribution in [2.45, 2.75) is 20.4 Å². The first kappa shape index (κ1) is 17.8. The Balaban J connectivity index is 1.88. The van der Waals surface area contributed by atoms with Crippen molar-refractivity contribution in [3.05, 3.63) is 54.1 Å². The van der Waals surface area contributed by atoms with E-state index in [0.29, 0.717) is 24.8 Å². The van der Waals surface area contributed by atoms with E-state index in [4.69, 9.17) is 9.84 Å². The standard InChI is InChI=1S/C19H24N2O3/c1-14(2)13-24-18-8-6-15(7-9-18)11-20-16-4-3-5-17(10-16)21-19(23)12-22/h3-10,14,20,22H,11-13H2,1-2H3,(H,21,23). The summed E-state index contributed by atoms with van der Waals surface area (Å²) in [5.74, 6) is 0.954. The molecule has 128 valence electrons. The number of aliphatic hydroxyl groups excluding tert-OH is 1. The second kappa shape index (κ2) is 8.93. The van der Waals surface area contributed by atoms with Gasteiger partial charge in [-0.2, -0.15) is 0 Å². The van der Waals surface area contributed by atoms with E-state index >= 15 is 0 Å². The number of carbonyl (C=O) groups is 1. The van der Waals surface area contributed by atoms with Crippen molar-refractivity contribution >= 4 is 17.3 Å². The molecular weight excluding hydrogens is 304 g/mol. The molecule has 5 nitrogen and oxygen atoms in total. The van der Waals surface area contributed by atoms with Crippen LogP contribution >= 0.6 is 0 Å². The third-order valence-electron chi connectivity index (χ3n) is 3.29. The summed E-state index contributed by atoms with van der Waals surface area (Å²) in [6.07, 6.45) is 0. The average Bonchev–Trinajstić information content (AvgIpc) is 2.59. The highest BCUT2D eigenvalue weighted by Gasteiger charge is 2.02. The number of hydrogen-bond donors (Lipinski definition) is 3. The fourth-order valence-electron chi connectivity index (χ4n) is 2.08. The maximum absolute atomic E-state index is 11.2. The predicted molar refractivity (Wildman–Crippen MR) is 96.3 cm³/mol. The summed E-state index contributed by atoms with van der Waals surface area (Å²) in [5.41, 5.74) is 2.68. The average molecular weight is 328 g/mol. The van der Waals surface area contributed by atoms with Gasteiger partial charge in [0.1, 0.15) is 12.4 Å². The number of rotatable bonds is 8. The third kappa shape index (κ3) is 5.93. The highest BCUT2D eigenvalue weighted by Crippen LogP contribution is 2.17. The summed E-state index contributed by atoms with van der Waals surface area (Å²) in [5, 5.41) is 14.7. The molecule has 0 aliphatic carbocycles. The number of anilines is 2. The Morgan fingerprint density at radius 2 is 1.83 bits per heavy atom. The highest BCUT2D eigenvalue weighted by molar-refractivity contribution is 5.91. The topological polar surface area (TPSA) is 70.6 Å². The van der Waals surface area contributed by atoms with Crippen LogP contribution in [-0.2, 0) is 11.3 Å². The van der Waals surface area contributed by atoms with Crippen LogP contribution in [0.3, 0.4) is 0 Å². The fraction of sp³-hybridized carbons (Fsp3) is 0.316. The molecule has 0 heterocycles. The van der Waals surface area contributed by atoms with E-state index < -0.39 is 12.5 Å². The first-order valence-corrected chi connectivity index (χ1v) is 8.03. The number of ether oxygens (including phenoxy) is 1. The predicted octanol–water partition coefficient (Wildman–Crippen LogP) is 3.26. The third-order valence-corrected chi connectivity index (χ3v) is 3.29. The van der Waals surface area contributed by atoms with Crippen LogP contribution in [0, 0.1) is 5.92 Å². The van der Waals surface area contributed by atoms with Crippen molar-refractivity contribution in [2.24, 2.45) is 5.92 Å². The quantitative estimate of drug-likeness (QED) is 0.695. The van der Waals surface area contributed by atoms with Crippen LogP contribution < -0.4 is 15.4 Å². The fourth-order valence-corrected chi connectivity index (χ4v) is 2.08. The zero-order valence-electron chi connectivity index (χ0n) is 14.1. The summed E-state index contributed by atoms with van der Waals surface area (Å²) in [6.45, 7) is 5.10. The molecule has 0 aliphatic heterocycles. The van der Waals surface area contributed by atoms with Crippen LogP contribution in [-0.4, -0.2) is 24.2 Å². The lowest BCUT2D eigenvalue weighted by atomic mass is 10.2. The van der Waals surface area contributed by atoms with E-state index in [0.717, 1.165) is 17.0 Å². The smallest absolute Gasteiger partial charge is 0.250 e. The minimum Gasteiger partial charge on any atom is -0.493 e. The van der Waals surface area contributed by atoms with Gasteiger partial charge in [-0.15, -0.1) is 0 Å². The van der Waals surface area contributed by atoms with Crippen molar-refractivity contribution in [3.8, 4) is 5.75 Å². The van der Waals surface area contributed by atoms with Gasteiger partial charge in [-0.3, -0.25) is 4.79 Å². The molecule has 0 radical (unpaired) electrons. The summed E-state index contributed by atoms with van der Waals surface area (Å²) in [7, 11) is 0. The number of carbonyl (C=O) groups excluding carboxylic acids is 1. The van der Waals surface area contributed by atoms with Gasteiger partial charge in [-0.25, -0.2) is 0 Å². The second-order valence-electron chi connectivity index (χ2n) is 5.99. The summed E-state index contributed by atoms with van der Waals surface area (Å²) >= 11 is 0. The molecule has 0 atom stereocenters. The molecule has 0 saturated carbocycles. The Morgan fingerprint density at radius 1 is 1.12 bits per heavy atom. The Labute approximate surface area is 142 Å². The summed E-state index contributed by atoms with van der Waals surface area (Å²) < 4.78 is 5.67. The lowest BCUT2D eigenvalue weighted by Gasteiger charge is -2.11. The van der Waals surface area contributed by atoms with E-state index in [9.17, 15) is 4.79 Å². The molecule has 0 spiro atoms. The van der Waals surface area contributed by atoms with Crippen molar-refractivity contribution in [1.29, 1.82) is 0 Å². The van der Waals surface area contributed by atoms with Gasteiger partial charge in [-0.1, -0.05) is 32.0 Å². The summed E-state index contributed by atoms with van der Waals surface area (Å²) in [4.78, 5) is 11.2. The van der Waals surface area contributed by atoms with Gasteiger partial charge >= 0.3 is 0 Å². The van der Waals surface area contributed by atoms with Crippen LogP contribution in [0.25, 0.3) is 0 Å². The maximum Gasteiger partial charge on any atom is 0.250 e. The molecule has 0 aromatic heterocycles. The number of hydrogen-bond acceptors (Lipinski definition) is 4. The zero-order chi connectivity index (χ0) is 17.4. The first-order valence-electron chi connectivity index (χ1n) is 8.03. The molecule has 2 aromatic carbocycles. The molecule has 0 aliphatic rings. The minimum atomic E-state index is -0.525. The zero-order valence-corrected chi connectivity index (χ0v) is 14.1. The Bertz CT molecular complexity index is 654. The highest BCUT2D eigenvalue weighted by atomic mass is 16.5. The normalized spacial score (nSPS) is 10.5. The van der Waals surface area contributed by atoms with E-state index in [-0.39, 0.29) is 0 Å². The minimum absolute atomic E-state index is 0.427. The van der Waals surface area contributed by atoms with Gasteiger partial charge in [0, 0.05) is 17.9 Å². The van der Waals surface area contributed by atoms with Crippen LogP contribution in [0.5, 0.6) is 5.75 Å². The van der Waals surface area contributed by atoms with E-state index in [1.807, 2.05) is 42.5 Å². The van der Waals surface area contributed by atoms with Crippen LogP contribution in [0.4, 0.5) is 11.4 Å². The van der Waals surface area contributed by atoms with Gasteiger partial charge in [0.25, 0.3) is 0 Å². The SMILES string of the molecule is CC(C)COc1ccc(CNc2cccc(NC(=O)CO)c2)cc1. The number of benzene rings is 2. The number of nitrogens with one attached hydrogen (secondary N) is 2. The van der Waals surface area contributed by atoms with Gasteiger partial charge < -0.3 is 20.5 Å². The number of aliphatic hydroxyl groups is 1. The lowest BCUT2D eigenvalue weighted by molar-refractivity contribution is -0.118. The van der Waals surface area contributed by atoms with Gasteiger partial charge in [0.05, 0.1) is 6.61 Å². The van der Waals surface area contributed by atoms with Gasteiger partial charge in [-0.05, 0) is 41.8 Å². The van der Waals surface area contributed by atoms with E-state index in [2.05, 4.69) is 24.5 Å². The van der Waals surface area contributed by atoms with Crippen LogP contribution in [0.2, 0.25) is 0 Å². The summed E-state index contributed by atoms with van der Waals surface area (Å²) in [6, 6.07) is 15.4. The lowest BCUT2D eigenvalue weighted by Crippen LogP contribution is -2.15. The molecule has 0 fully saturated rings. The van der Waals surface area contributed by atoms with E-state index in [1.54, 1.807) is 6.07 Å². The maximum atomic E-state index is 11.2. The van der Waals surface area contributed by atoms with Crippen molar-refractivity contribution in [3.63, 3.8) is 0 Å². The molecule has 5 heteroatoms. The van der Waals surface area contributed by atoms with Crippen LogP contribution in [0.1, 0.15) is 19.4 Å². The Hall–Kier alpha value is -2.53. The molecule has 1 amide bonds. The monoisotopic (exact) mass is 328 g/mol. The Morgan fingerprint density at radius 3 is 2.50 bits per heavy atom. The molecule has 0 unspecified atom stereocenters. The molecule has 2 rings (SSSR count). The second-order valence-corrected chi connectivity index (χ2v) is 5.99. The van der Waals surface area contributed by atoms with Crippen LogP contribution in [0.15, 0.2) is 48.5 Å². The van der Waals surface area contributed by atoms with Gasteiger partial charge in [0.2, 0.25) is 5.91 Å². The molecular formula is C19H24N2O3. The van der Waals surface area contributed by atoms with E-state index in [1.165, 1.54) is 0 Å². The molecule has 2 aromatic rings. The molecule has 0 bridgehead atoms. The Kier molecular flexibility index (Phi) is 6.63. The number of amides is 1. The van der Waals surface area contributed by atoms with Gasteiger partial charge in [0.15, 0.2) is 0 Å². The van der Waals surface area contributed by atoms with Crippen molar-refractivity contribution in [1.82, 2.24) is 0 Å². The molecule has 0 saturated heterocycles. The largest absolute Gasteiger partial charge is 0.493 e. The molecule has 24 heavy (non-hydrogen) atoms.